The van der Waals surface area contributed by atoms with Crippen LogP contribution in [0.25, 0.3) is 0 Å². The summed E-state index contributed by atoms with van der Waals surface area (Å²) in [6, 6.07) is 9.76. The van der Waals surface area contributed by atoms with Gasteiger partial charge in [-0.25, -0.2) is 4.79 Å². The first-order valence-electron chi connectivity index (χ1n) is 9.26. The van der Waals surface area contributed by atoms with E-state index >= 15 is 0 Å². The van der Waals surface area contributed by atoms with Gasteiger partial charge in [-0.2, -0.15) is 0 Å². The number of carbonyl (C=O) groups is 2. The fraction of sp³-hybridized carbons (Fsp3) is 0.500. The van der Waals surface area contributed by atoms with Crippen LogP contribution in [-0.2, 0) is 16.0 Å². The Labute approximate surface area is 160 Å². The lowest BCUT2D eigenvalue weighted by atomic mass is 10.1. The van der Waals surface area contributed by atoms with Crippen LogP contribution in [0.4, 0.5) is 4.79 Å². The predicted molar refractivity (Wildman–Crippen MR) is 103 cm³/mol. The molecule has 1 aliphatic rings. The first-order valence-corrected chi connectivity index (χ1v) is 9.26. The van der Waals surface area contributed by atoms with Gasteiger partial charge in [-0.15, -0.1) is 0 Å². The molecule has 1 saturated heterocycles. The molecule has 0 aromatic heterocycles. The maximum absolute atomic E-state index is 12.3. The average molecular weight is 375 g/mol. The summed E-state index contributed by atoms with van der Waals surface area (Å²) >= 11 is 0. The van der Waals surface area contributed by atoms with Gasteiger partial charge in [0.15, 0.2) is 6.23 Å². The van der Waals surface area contributed by atoms with Gasteiger partial charge in [0.05, 0.1) is 18.8 Å². The maximum atomic E-state index is 12.3. The number of rotatable bonds is 9. The van der Waals surface area contributed by atoms with E-state index in [1.54, 1.807) is 6.92 Å². The number of carbonyl (C=O) groups excluding carboxylic acids is 2. The number of hydrogen-bond acceptors (Lipinski definition) is 5. The molecule has 27 heavy (non-hydrogen) atoms. The molecule has 7 heteroatoms. The highest BCUT2D eigenvalue weighted by Gasteiger charge is 2.39. The van der Waals surface area contributed by atoms with Crippen molar-refractivity contribution in [2.24, 2.45) is 0 Å². The number of nitrogens with one attached hydrogen (secondary N) is 2. The highest BCUT2D eigenvalue weighted by atomic mass is 16.5. The minimum absolute atomic E-state index is 0.114. The lowest BCUT2D eigenvalue weighted by molar-refractivity contribution is -0.105. The molecule has 1 fully saturated rings. The first-order chi connectivity index (χ1) is 13.1. The van der Waals surface area contributed by atoms with Crippen molar-refractivity contribution in [2.45, 2.75) is 44.6 Å². The van der Waals surface area contributed by atoms with E-state index in [-0.39, 0.29) is 24.8 Å². The Morgan fingerprint density at radius 2 is 2.11 bits per heavy atom. The van der Waals surface area contributed by atoms with Crippen LogP contribution < -0.4 is 10.6 Å². The molecule has 0 bridgehead atoms. The maximum Gasteiger partial charge on any atom is 0.323 e. The third-order valence-electron chi connectivity index (χ3n) is 4.54. The van der Waals surface area contributed by atoms with Crippen LogP contribution in [0.3, 0.4) is 0 Å². The summed E-state index contributed by atoms with van der Waals surface area (Å²) in [6.07, 6.45) is 3.73. The number of aryl methyl sites for hydroxylation is 1. The number of hydrogen-bond donors (Lipinski definition) is 3. The van der Waals surface area contributed by atoms with Crippen LogP contribution in [-0.4, -0.2) is 60.9 Å². The molecule has 3 atom stereocenters. The average Bonchev–Trinajstić information content (AvgIpc) is 3.12. The second-order valence-electron chi connectivity index (χ2n) is 6.67. The molecule has 3 N–H and O–H groups in total. The van der Waals surface area contributed by atoms with Crippen LogP contribution in [0.2, 0.25) is 0 Å². The van der Waals surface area contributed by atoms with E-state index in [1.165, 1.54) is 23.7 Å². The summed E-state index contributed by atoms with van der Waals surface area (Å²) in [5.74, 6) is 0. The minimum Gasteiger partial charge on any atom is -0.394 e. The molecule has 7 nitrogen and oxygen atoms in total. The van der Waals surface area contributed by atoms with Crippen molar-refractivity contribution in [2.75, 3.05) is 20.2 Å². The van der Waals surface area contributed by atoms with Crippen molar-refractivity contribution in [3.05, 3.63) is 47.7 Å². The molecule has 1 heterocycles. The van der Waals surface area contributed by atoms with Gasteiger partial charge in [0, 0.05) is 18.8 Å². The lowest BCUT2D eigenvalue weighted by Gasteiger charge is -2.30. The van der Waals surface area contributed by atoms with Gasteiger partial charge in [0.1, 0.15) is 6.29 Å². The molecule has 0 radical (unpaired) electrons. The Morgan fingerprint density at radius 3 is 2.74 bits per heavy atom. The fourth-order valence-electron chi connectivity index (χ4n) is 3.16. The molecular formula is C20H29N3O4. The second-order valence-corrected chi connectivity index (χ2v) is 6.67. The van der Waals surface area contributed by atoms with Crippen LogP contribution in [0.15, 0.2) is 42.1 Å². The number of aldehydes is 1. The molecule has 2 amide bonds. The first kappa shape index (κ1) is 21.1. The van der Waals surface area contributed by atoms with E-state index in [4.69, 9.17) is 4.74 Å². The monoisotopic (exact) mass is 375 g/mol. The summed E-state index contributed by atoms with van der Waals surface area (Å²) < 4.78 is 5.86. The zero-order valence-electron chi connectivity index (χ0n) is 15.9. The zero-order chi connectivity index (χ0) is 19.6. The predicted octanol–water partition coefficient (Wildman–Crippen LogP) is 1.43. The molecule has 0 unspecified atom stereocenters. The van der Waals surface area contributed by atoms with Gasteiger partial charge in [-0.3, -0.25) is 9.69 Å². The lowest BCUT2D eigenvalue weighted by Crippen LogP contribution is -2.50. The summed E-state index contributed by atoms with van der Waals surface area (Å²) in [5, 5.41) is 15.5. The van der Waals surface area contributed by atoms with E-state index in [0.717, 1.165) is 19.4 Å². The fourth-order valence-corrected chi connectivity index (χ4v) is 3.16. The topological polar surface area (TPSA) is 90.9 Å². The van der Waals surface area contributed by atoms with Crippen LogP contribution in [0, 0.1) is 0 Å². The summed E-state index contributed by atoms with van der Waals surface area (Å²) in [6.45, 7) is 2.27. The van der Waals surface area contributed by atoms with Gasteiger partial charge < -0.3 is 20.5 Å². The smallest absolute Gasteiger partial charge is 0.323 e. The van der Waals surface area contributed by atoms with E-state index in [9.17, 15) is 14.7 Å². The van der Waals surface area contributed by atoms with E-state index in [2.05, 4.69) is 22.8 Å². The van der Waals surface area contributed by atoms with Crippen LogP contribution in [0.5, 0.6) is 0 Å². The van der Waals surface area contributed by atoms with Crippen molar-refractivity contribution >= 4 is 12.3 Å². The molecule has 148 valence electrons. The standard InChI is InChI=1S/C20H29N3O4/c1-15(13-24)12-23(20(26)21-2)19-18(11-17(14-25)27-19)22-10-6-9-16-7-4-3-5-8-16/h3-5,7-8,12-13,17-19,22,25H,6,9-11,14H2,1-2H3,(H,21,26)/b15-12-/t17-,18+,19+/m0/s1. The molecular weight excluding hydrogens is 346 g/mol. The Morgan fingerprint density at radius 1 is 1.37 bits per heavy atom. The largest absolute Gasteiger partial charge is 0.394 e. The molecule has 0 spiro atoms. The summed E-state index contributed by atoms with van der Waals surface area (Å²) in [5.41, 5.74) is 1.70. The Hall–Kier alpha value is -2.22. The van der Waals surface area contributed by atoms with Gasteiger partial charge in [0.2, 0.25) is 0 Å². The van der Waals surface area contributed by atoms with Gasteiger partial charge in [0.25, 0.3) is 0 Å². The molecule has 1 aliphatic heterocycles. The third kappa shape index (κ3) is 6.16. The SMILES string of the molecule is CNC(=O)N(/C=C(/C)C=O)[C@@H]1O[C@H](CO)C[C@H]1NCCCc1ccccc1. The van der Waals surface area contributed by atoms with Gasteiger partial charge in [-0.05, 0) is 38.3 Å². The normalized spacial score (nSPS) is 22.5. The van der Waals surface area contributed by atoms with Crippen molar-refractivity contribution in [3.8, 4) is 0 Å². The van der Waals surface area contributed by atoms with Crippen molar-refractivity contribution < 1.29 is 19.4 Å². The minimum atomic E-state index is -0.589. The Balaban J connectivity index is 2.00. The highest BCUT2D eigenvalue weighted by molar-refractivity contribution is 5.78. The number of ether oxygens (including phenoxy) is 1. The number of amides is 2. The molecule has 0 saturated carbocycles. The van der Waals surface area contributed by atoms with Crippen LogP contribution in [0.1, 0.15) is 25.3 Å². The number of nitrogens with zero attached hydrogens (tertiary/aromatic N) is 1. The highest BCUT2D eigenvalue weighted by Crippen LogP contribution is 2.24. The zero-order valence-corrected chi connectivity index (χ0v) is 15.9. The molecule has 1 aromatic carbocycles. The number of benzene rings is 1. The second kappa shape index (κ2) is 10.8. The van der Waals surface area contributed by atoms with E-state index in [0.29, 0.717) is 18.3 Å². The van der Waals surface area contributed by atoms with E-state index in [1.807, 2.05) is 18.2 Å². The molecule has 2 rings (SSSR count). The number of aliphatic hydroxyl groups is 1. The molecule has 0 aliphatic carbocycles. The summed E-state index contributed by atoms with van der Waals surface area (Å²) in [7, 11) is 1.53. The van der Waals surface area contributed by atoms with Crippen molar-refractivity contribution in [1.29, 1.82) is 0 Å². The summed E-state index contributed by atoms with van der Waals surface area (Å²) in [4.78, 5) is 24.7. The van der Waals surface area contributed by atoms with Crippen molar-refractivity contribution in [1.82, 2.24) is 15.5 Å². The number of urea groups is 1. The van der Waals surface area contributed by atoms with Crippen molar-refractivity contribution in [3.63, 3.8) is 0 Å². The van der Waals surface area contributed by atoms with Crippen LogP contribution >= 0.6 is 0 Å². The quantitative estimate of drug-likeness (QED) is 0.345. The third-order valence-corrected chi connectivity index (χ3v) is 4.54. The van der Waals surface area contributed by atoms with Gasteiger partial charge >= 0.3 is 6.03 Å². The number of aliphatic hydroxyl groups excluding tert-OH is 1. The number of allylic oxidation sites excluding steroid dienone is 1. The van der Waals surface area contributed by atoms with Gasteiger partial charge in [-0.1, -0.05) is 30.3 Å². The van der Waals surface area contributed by atoms with E-state index < -0.39 is 6.23 Å². The Kier molecular flexibility index (Phi) is 8.44. The molecule has 1 aromatic rings. The Bertz CT molecular complexity index is 635.